The normalized spacial score (nSPS) is 17.4. The molecule has 0 aliphatic carbocycles. The molecule has 4 rings (SSSR count). The van der Waals surface area contributed by atoms with E-state index in [-0.39, 0.29) is 17.0 Å². The topological polar surface area (TPSA) is 110 Å². The molecule has 1 heterocycles. The van der Waals surface area contributed by atoms with Crippen LogP contribution in [0.1, 0.15) is 17.2 Å². The second-order valence-corrected chi connectivity index (χ2v) is 7.09. The predicted octanol–water partition coefficient (Wildman–Crippen LogP) is 4.23. The Labute approximate surface area is 183 Å². The zero-order chi connectivity index (χ0) is 22.8. The lowest BCUT2D eigenvalue weighted by atomic mass is 9.95. The van der Waals surface area contributed by atoms with Crippen LogP contribution < -0.4 is 9.64 Å². The Morgan fingerprint density at radius 2 is 1.69 bits per heavy atom. The Hall–Kier alpha value is -4.46. The van der Waals surface area contributed by atoms with Crippen LogP contribution in [0.4, 0.5) is 11.4 Å². The van der Waals surface area contributed by atoms with E-state index >= 15 is 0 Å². The smallest absolute Gasteiger partial charge is 0.300 e. The van der Waals surface area contributed by atoms with Crippen molar-refractivity contribution in [3.05, 3.63) is 106 Å². The summed E-state index contributed by atoms with van der Waals surface area (Å²) in [7, 11) is 1.50. The minimum absolute atomic E-state index is 0.141. The van der Waals surface area contributed by atoms with Gasteiger partial charge in [0, 0.05) is 23.4 Å². The zero-order valence-corrected chi connectivity index (χ0v) is 17.0. The molecule has 3 aromatic rings. The zero-order valence-electron chi connectivity index (χ0n) is 17.0. The van der Waals surface area contributed by atoms with Crippen LogP contribution in [-0.4, -0.2) is 28.8 Å². The summed E-state index contributed by atoms with van der Waals surface area (Å²) in [4.78, 5) is 38.2. The molecule has 3 aromatic carbocycles. The monoisotopic (exact) mass is 430 g/mol. The fourth-order valence-corrected chi connectivity index (χ4v) is 3.72. The summed E-state index contributed by atoms with van der Waals surface area (Å²) in [6.07, 6.45) is 0. The van der Waals surface area contributed by atoms with Crippen LogP contribution in [0.3, 0.4) is 0 Å². The molecule has 0 bridgehead atoms. The second kappa shape index (κ2) is 8.35. The van der Waals surface area contributed by atoms with Crippen molar-refractivity contribution in [2.45, 2.75) is 6.04 Å². The van der Waals surface area contributed by atoms with Crippen LogP contribution in [0.25, 0.3) is 5.76 Å². The minimum Gasteiger partial charge on any atom is -0.507 e. The number of hydrogen-bond donors (Lipinski definition) is 1. The first-order valence-corrected chi connectivity index (χ1v) is 9.67. The molecular weight excluding hydrogens is 412 g/mol. The van der Waals surface area contributed by atoms with E-state index < -0.39 is 22.7 Å². The lowest BCUT2D eigenvalue weighted by molar-refractivity contribution is -0.384. The van der Waals surface area contributed by atoms with Crippen LogP contribution in [0.2, 0.25) is 0 Å². The van der Waals surface area contributed by atoms with Crippen molar-refractivity contribution in [3.63, 3.8) is 0 Å². The molecule has 1 atom stereocenters. The number of nitro groups is 1. The molecule has 160 valence electrons. The maximum atomic E-state index is 13.1. The standard InChI is InChI=1S/C24H18N2O6/c1-32-19-12-10-17(11-13-19)25-21(16-8-5-9-18(14-16)26(30)31)20(23(28)24(25)29)22(27)15-6-3-2-4-7-15/h2-14,21,27H,1H3. The molecule has 1 amide bonds. The highest BCUT2D eigenvalue weighted by atomic mass is 16.6. The summed E-state index contributed by atoms with van der Waals surface area (Å²) in [5.74, 6) is -1.51. The number of aliphatic hydroxyl groups is 1. The van der Waals surface area contributed by atoms with Gasteiger partial charge in [-0.1, -0.05) is 42.5 Å². The van der Waals surface area contributed by atoms with Gasteiger partial charge in [0.25, 0.3) is 17.4 Å². The number of nitro benzene ring substituents is 1. The number of Topliss-reactive ketones (excluding diaryl/α,β-unsaturated/α-hetero) is 1. The number of hydrogen-bond acceptors (Lipinski definition) is 6. The van der Waals surface area contributed by atoms with Gasteiger partial charge < -0.3 is 9.84 Å². The Balaban J connectivity index is 1.95. The van der Waals surface area contributed by atoms with Crippen LogP contribution in [0.5, 0.6) is 5.75 Å². The van der Waals surface area contributed by atoms with Crippen LogP contribution in [-0.2, 0) is 9.59 Å². The number of ether oxygens (including phenoxy) is 1. The molecule has 0 aromatic heterocycles. The second-order valence-electron chi connectivity index (χ2n) is 7.09. The lowest BCUT2D eigenvalue weighted by Gasteiger charge is -2.25. The number of ketones is 1. The predicted molar refractivity (Wildman–Crippen MR) is 117 cm³/mol. The third-order valence-electron chi connectivity index (χ3n) is 5.24. The molecule has 1 aliphatic heterocycles. The Kier molecular flexibility index (Phi) is 5.43. The minimum atomic E-state index is -1.05. The summed E-state index contributed by atoms with van der Waals surface area (Å²) < 4.78 is 5.16. The van der Waals surface area contributed by atoms with E-state index in [4.69, 9.17) is 4.74 Å². The van der Waals surface area contributed by atoms with Gasteiger partial charge >= 0.3 is 0 Å². The van der Waals surface area contributed by atoms with Gasteiger partial charge in [0.1, 0.15) is 11.5 Å². The highest BCUT2D eigenvalue weighted by Gasteiger charge is 2.47. The van der Waals surface area contributed by atoms with Crippen LogP contribution in [0, 0.1) is 10.1 Å². The van der Waals surface area contributed by atoms with Crippen molar-refractivity contribution in [2.24, 2.45) is 0 Å². The number of amides is 1. The van der Waals surface area contributed by atoms with E-state index in [1.165, 1.54) is 30.2 Å². The first kappa shape index (κ1) is 20.8. The fourth-order valence-electron chi connectivity index (χ4n) is 3.72. The summed E-state index contributed by atoms with van der Waals surface area (Å²) in [6, 6.07) is 19.5. The fraction of sp³-hybridized carbons (Fsp3) is 0.0833. The van der Waals surface area contributed by atoms with E-state index in [0.717, 1.165) is 0 Å². The van der Waals surface area contributed by atoms with Crippen molar-refractivity contribution in [2.75, 3.05) is 12.0 Å². The molecule has 8 nitrogen and oxygen atoms in total. The molecule has 32 heavy (non-hydrogen) atoms. The van der Waals surface area contributed by atoms with Crippen molar-refractivity contribution in [3.8, 4) is 5.75 Å². The van der Waals surface area contributed by atoms with Crippen molar-refractivity contribution < 1.29 is 24.4 Å². The van der Waals surface area contributed by atoms with Gasteiger partial charge in [-0.15, -0.1) is 0 Å². The molecule has 1 unspecified atom stereocenters. The molecule has 1 aliphatic rings. The highest BCUT2D eigenvalue weighted by molar-refractivity contribution is 6.51. The molecule has 1 saturated heterocycles. The molecule has 0 spiro atoms. The van der Waals surface area contributed by atoms with Crippen molar-refractivity contribution >= 4 is 28.8 Å². The number of anilines is 1. The summed E-state index contributed by atoms with van der Waals surface area (Å²) >= 11 is 0. The first-order chi connectivity index (χ1) is 15.4. The van der Waals surface area contributed by atoms with Crippen LogP contribution >= 0.6 is 0 Å². The summed E-state index contributed by atoms with van der Waals surface area (Å²) in [5.41, 5.74) is 0.735. The summed E-state index contributed by atoms with van der Waals surface area (Å²) in [5, 5.41) is 22.3. The van der Waals surface area contributed by atoms with Gasteiger partial charge in [-0.05, 0) is 29.8 Å². The van der Waals surface area contributed by atoms with E-state index in [1.807, 2.05) is 0 Å². The summed E-state index contributed by atoms with van der Waals surface area (Å²) in [6.45, 7) is 0. The Morgan fingerprint density at radius 3 is 2.31 bits per heavy atom. The average Bonchev–Trinajstić information content (AvgIpc) is 3.09. The van der Waals surface area contributed by atoms with Crippen LogP contribution in [0.15, 0.2) is 84.4 Å². The van der Waals surface area contributed by atoms with E-state index in [9.17, 15) is 24.8 Å². The van der Waals surface area contributed by atoms with Gasteiger partial charge in [0.05, 0.1) is 23.6 Å². The maximum Gasteiger partial charge on any atom is 0.300 e. The van der Waals surface area contributed by atoms with Gasteiger partial charge in [-0.25, -0.2) is 0 Å². The number of non-ortho nitro benzene ring substituents is 1. The number of aliphatic hydroxyl groups excluding tert-OH is 1. The number of methoxy groups -OCH3 is 1. The van der Waals surface area contributed by atoms with E-state index in [2.05, 4.69) is 0 Å². The third-order valence-corrected chi connectivity index (χ3v) is 5.24. The molecule has 8 heteroatoms. The Morgan fingerprint density at radius 1 is 1.00 bits per heavy atom. The largest absolute Gasteiger partial charge is 0.507 e. The Bertz CT molecular complexity index is 1230. The van der Waals surface area contributed by atoms with Gasteiger partial charge in [0.15, 0.2) is 0 Å². The molecule has 1 N–H and O–H groups in total. The molecule has 0 saturated carbocycles. The number of rotatable bonds is 5. The SMILES string of the molecule is COc1ccc(N2C(=O)C(=O)C(=C(O)c3ccccc3)C2c2cccc([N+](=O)[O-])c2)cc1. The highest BCUT2D eigenvalue weighted by Crippen LogP contribution is 2.43. The number of benzene rings is 3. The van der Waals surface area contributed by atoms with Crippen molar-refractivity contribution in [1.29, 1.82) is 0 Å². The molecule has 1 fully saturated rings. The quantitative estimate of drug-likeness (QED) is 0.213. The van der Waals surface area contributed by atoms with E-state index in [0.29, 0.717) is 22.6 Å². The first-order valence-electron chi connectivity index (χ1n) is 9.67. The average molecular weight is 430 g/mol. The maximum absolute atomic E-state index is 13.1. The number of carbonyl (C=O) groups is 2. The van der Waals surface area contributed by atoms with E-state index in [1.54, 1.807) is 60.7 Å². The number of nitrogens with zero attached hydrogens (tertiary/aromatic N) is 2. The third kappa shape index (κ3) is 3.58. The molecular formula is C24H18N2O6. The lowest BCUT2D eigenvalue weighted by Crippen LogP contribution is -2.29. The number of carbonyl (C=O) groups excluding carboxylic acids is 2. The van der Waals surface area contributed by atoms with Gasteiger partial charge in [-0.2, -0.15) is 0 Å². The van der Waals surface area contributed by atoms with Crippen molar-refractivity contribution in [1.82, 2.24) is 0 Å². The van der Waals surface area contributed by atoms with Gasteiger partial charge in [-0.3, -0.25) is 24.6 Å². The van der Waals surface area contributed by atoms with Gasteiger partial charge in [0.2, 0.25) is 0 Å². The molecule has 0 radical (unpaired) electrons.